The third kappa shape index (κ3) is 4.77. The van der Waals surface area contributed by atoms with Crippen molar-refractivity contribution < 1.29 is 19.1 Å². The van der Waals surface area contributed by atoms with Crippen LogP contribution in [0.15, 0.2) is 40.6 Å². The Bertz CT molecular complexity index is 821. The van der Waals surface area contributed by atoms with Gasteiger partial charge in [-0.15, -0.1) is 23.1 Å². The van der Waals surface area contributed by atoms with Crippen LogP contribution in [0.3, 0.4) is 0 Å². The summed E-state index contributed by atoms with van der Waals surface area (Å²) in [7, 11) is 0. The first-order chi connectivity index (χ1) is 11.0. The Balaban J connectivity index is 2.09. The molecule has 1 aromatic heterocycles. The molecule has 7 heteroatoms. The summed E-state index contributed by atoms with van der Waals surface area (Å²) in [4.78, 5) is 23.4. The lowest BCUT2D eigenvalue weighted by molar-refractivity contribution is -0.133. The molecule has 0 atom stereocenters. The summed E-state index contributed by atoms with van der Waals surface area (Å²) in [6, 6.07) is 7.59. The SMILES string of the molecule is N#Cc1csc(C=CC(=O)c2ccc(SCC(=O)O)c(F)c2)c1. The minimum absolute atomic E-state index is 0.176. The normalized spacial score (nSPS) is 10.6. The van der Waals surface area contributed by atoms with Gasteiger partial charge in [0.1, 0.15) is 11.9 Å². The minimum atomic E-state index is -1.04. The largest absolute Gasteiger partial charge is 0.481 e. The van der Waals surface area contributed by atoms with Gasteiger partial charge >= 0.3 is 5.97 Å². The Labute approximate surface area is 139 Å². The lowest BCUT2D eigenvalue weighted by Gasteiger charge is -2.02. The van der Waals surface area contributed by atoms with Crippen LogP contribution in [0.4, 0.5) is 4.39 Å². The number of nitriles is 1. The lowest BCUT2D eigenvalue weighted by atomic mass is 10.1. The molecule has 0 radical (unpaired) electrons. The van der Waals surface area contributed by atoms with Gasteiger partial charge in [0.15, 0.2) is 5.78 Å². The van der Waals surface area contributed by atoms with Gasteiger partial charge in [-0.2, -0.15) is 5.26 Å². The maximum atomic E-state index is 13.8. The Kier molecular flexibility index (Phi) is 5.68. The van der Waals surface area contributed by atoms with Crippen LogP contribution in [0, 0.1) is 17.1 Å². The zero-order valence-corrected chi connectivity index (χ0v) is 13.3. The van der Waals surface area contributed by atoms with Crippen LogP contribution < -0.4 is 0 Å². The predicted octanol–water partition coefficient (Wildman–Crippen LogP) is 3.83. The van der Waals surface area contributed by atoms with Crippen molar-refractivity contribution in [2.24, 2.45) is 0 Å². The summed E-state index contributed by atoms with van der Waals surface area (Å²) in [6.45, 7) is 0. The van der Waals surface area contributed by atoms with Crippen LogP contribution in [0.2, 0.25) is 0 Å². The number of halogens is 1. The fourth-order valence-corrected chi connectivity index (χ4v) is 3.03. The molecule has 0 aliphatic carbocycles. The van der Waals surface area contributed by atoms with E-state index in [0.717, 1.165) is 22.7 Å². The Hall–Kier alpha value is -2.43. The molecule has 1 N–H and O–H groups in total. The number of carbonyl (C=O) groups is 2. The van der Waals surface area contributed by atoms with E-state index in [1.165, 1.54) is 29.5 Å². The number of rotatable bonds is 6. The van der Waals surface area contributed by atoms with E-state index < -0.39 is 11.8 Å². The zero-order chi connectivity index (χ0) is 16.8. The number of carboxylic acid groups (broad SMARTS) is 1. The maximum absolute atomic E-state index is 13.8. The standard InChI is InChI=1S/C16H10FNO3S2/c17-13-6-11(1-4-15(13)23-9-16(20)21)14(19)3-2-12-5-10(7-18)8-22-12/h1-6,8H,9H2,(H,20,21). The third-order valence-corrected chi connectivity index (χ3v) is 4.65. The molecule has 0 bridgehead atoms. The molecule has 116 valence electrons. The second-order valence-corrected chi connectivity index (χ2v) is 6.33. The first-order valence-corrected chi connectivity index (χ1v) is 8.21. The maximum Gasteiger partial charge on any atom is 0.313 e. The number of benzene rings is 1. The van der Waals surface area contributed by atoms with Gasteiger partial charge in [0, 0.05) is 20.7 Å². The van der Waals surface area contributed by atoms with E-state index in [1.54, 1.807) is 17.5 Å². The summed E-state index contributed by atoms with van der Waals surface area (Å²) < 4.78 is 13.8. The summed E-state index contributed by atoms with van der Waals surface area (Å²) in [5, 5.41) is 19.0. The Morgan fingerprint density at radius 3 is 2.78 bits per heavy atom. The quantitative estimate of drug-likeness (QED) is 0.488. The van der Waals surface area contributed by atoms with Gasteiger partial charge in [-0.3, -0.25) is 9.59 Å². The molecule has 1 aromatic carbocycles. The average molecular weight is 347 g/mol. The molecule has 0 saturated carbocycles. The van der Waals surface area contributed by atoms with Crippen LogP contribution in [0.5, 0.6) is 0 Å². The molecule has 1 heterocycles. The van der Waals surface area contributed by atoms with Crippen LogP contribution in [0.25, 0.3) is 6.08 Å². The van der Waals surface area contributed by atoms with Crippen LogP contribution in [-0.2, 0) is 4.79 Å². The van der Waals surface area contributed by atoms with Crippen molar-refractivity contribution in [1.82, 2.24) is 0 Å². The van der Waals surface area contributed by atoms with Crippen LogP contribution in [-0.4, -0.2) is 22.6 Å². The number of hydrogen-bond donors (Lipinski definition) is 1. The van der Waals surface area contributed by atoms with Crippen molar-refractivity contribution >= 4 is 40.9 Å². The van der Waals surface area contributed by atoms with Crippen molar-refractivity contribution in [2.75, 3.05) is 5.75 Å². The van der Waals surface area contributed by atoms with E-state index in [9.17, 15) is 14.0 Å². The van der Waals surface area contributed by atoms with Crippen molar-refractivity contribution in [3.05, 3.63) is 57.5 Å². The number of hydrogen-bond acceptors (Lipinski definition) is 5. The number of nitrogens with zero attached hydrogens (tertiary/aromatic N) is 1. The fourth-order valence-electron chi connectivity index (χ4n) is 1.66. The van der Waals surface area contributed by atoms with Gasteiger partial charge in [0.25, 0.3) is 0 Å². The van der Waals surface area contributed by atoms with Crippen molar-refractivity contribution in [2.45, 2.75) is 4.90 Å². The van der Waals surface area contributed by atoms with Crippen molar-refractivity contribution in [3.8, 4) is 6.07 Å². The van der Waals surface area contributed by atoms with Crippen molar-refractivity contribution in [1.29, 1.82) is 5.26 Å². The molecule has 0 spiro atoms. The number of thioether (sulfide) groups is 1. The van der Waals surface area contributed by atoms with E-state index in [1.807, 2.05) is 6.07 Å². The van der Waals surface area contributed by atoms with E-state index in [4.69, 9.17) is 10.4 Å². The second-order valence-electron chi connectivity index (χ2n) is 4.37. The summed E-state index contributed by atoms with van der Waals surface area (Å²) in [5.74, 6) is -2.28. The molecule has 0 aliphatic rings. The molecule has 2 aromatic rings. The first-order valence-electron chi connectivity index (χ1n) is 6.35. The summed E-state index contributed by atoms with van der Waals surface area (Å²) >= 11 is 2.19. The number of ketones is 1. The highest BCUT2D eigenvalue weighted by molar-refractivity contribution is 8.00. The highest BCUT2D eigenvalue weighted by atomic mass is 32.2. The molecule has 23 heavy (non-hydrogen) atoms. The Morgan fingerprint density at radius 2 is 2.17 bits per heavy atom. The van der Waals surface area contributed by atoms with Gasteiger partial charge in [-0.05, 0) is 36.4 Å². The zero-order valence-electron chi connectivity index (χ0n) is 11.7. The third-order valence-electron chi connectivity index (χ3n) is 2.72. The van der Waals surface area contributed by atoms with Crippen LogP contribution in [0.1, 0.15) is 20.8 Å². The van der Waals surface area contributed by atoms with Crippen LogP contribution >= 0.6 is 23.1 Å². The van der Waals surface area contributed by atoms with Gasteiger partial charge in [-0.25, -0.2) is 4.39 Å². The number of aliphatic carboxylic acids is 1. The smallest absolute Gasteiger partial charge is 0.313 e. The summed E-state index contributed by atoms with van der Waals surface area (Å²) in [5.41, 5.74) is 0.698. The lowest BCUT2D eigenvalue weighted by Crippen LogP contribution is -1.99. The fraction of sp³-hybridized carbons (Fsp3) is 0.0625. The van der Waals surface area contributed by atoms with E-state index >= 15 is 0 Å². The highest BCUT2D eigenvalue weighted by Crippen LogP contribution is 2.23. The number of allylic oxidation sites excluding steroid dienone is 1. The molecule has 0 aliphatic heterocycles. The summed E-state index contributed by atoms with van der Waals surface area (Å²) in [6.07, 6.45) is 2.88. The molecular weight excluding hydrogens is 337 g/mol. The van der Waals surface area contributed by atoms with Crippen molar-refractivity contribution in [3.63, 3.8) is 0 Å². The monoisotopic (exact) mass is 347 g/mol. The molecule has 0 unspecified atom stereocenters. The number of thiophene rings is 1. The van der Waals surface area contributed by atoms with E-state index in [2.05, 4.69) is 0 Å². The van der Waals surface area contributed by atoms with Gasteiger partial charge in [-0.1, -0.05) is 0 Å². The molecule has 4 nitrogen and oxygen atoms in total. The van der Waals surface area contributed by atoms with E-state index in [-0.39, 0.29) is 22.0 Å². The number of carboxylic acids is 1. The highest BCUT2D eigenvalue weighted by Gasteiger charge is 2.10. The molecule has 0 amide bonds. The average Bonchev–Trinajstić information content (AvgIpc) is 2.99. The topological polar surface area (TPSA) is 78.2 Å². The molecule has 0 fully saturated rings. The van der Waals surface area contributed by atoms with Gasteiger partial charge < -0.3 is 5.11 Å². The molecule has 0 saturated heterocycles. The second kappa shape index (κ2) is 7.72. The number of carbonyl (C=O) groups excluding carboxylic acids is 1. The molecular formula is C16H10FNO3S2. The van der Waals surface area contributed by atoms with Gasteiger partial charge in [0.05, 0.1) is 11.3 Å². The van der Waals surface area contributed by atoms with Gasteiger partial charge in [0.2, 0.25) is 0 Å². The Morgan fingerprint density at radius 1 is 1.39 bits per heavy atom. The predicted molar refractivity (Wildman–Crippen MR) is 87.2 cm³/mol. The van der Waals surface area contributed by atoms with E-state index in [0.29, 0.717) is 5.56 Å². The minimum Gasteiger partial charge on any atom is -0.481 e. The first kappa shape index (κ1) is 16.9. The molecule has 2 rings (SSSR count).